The van der Waals surface area contributed by atoms with Crippen molar-refractivity contribution >= 4 is 11.7 Å². The molecule has 114 valence electrons. The zero-order valence-corrected chi connectivity index (χ0v) is 11.8. The van der Waals surface area contributed by atoms with Crippen molar-refractivity contribution in [3.8, 4) is 0 Å². The number of rotatable bonds is 3. The van der Waals surface area contributed by atoms with Crippen molar-refractivity contribution in [2.75, 3.05) is 5.73 Å². The molecule has 0 amide bonds. The first-order valence-electron chi connectivity index (χ1n) is 6.38. The molecule has 3 nitrogen and oxygen atoms in total. The number of aliphatic carboxylic acids is 1. The maximum absolute atomic E-state index is 10.6. The fraction of sp³-hybridized carbons (Fsp3) is 0.500. The zero-order valence-electron chi connectivity index (χ0n) is 11.8. The zero-order chi connectivity index (χ0) is 15.9. The molecular formula is C14H20F3NO2. The van der Waals surface area contributed by atoms with E-state index in [1.807, 2.05) is 6.07 Å². The van der Waals surface area contributed by atoms with Gasteiger partial charge in [-0.2, -0.15) is 13.2 Å². The molecule has 0 unspecified atom stereocenters. The van der Waals surface area contributed by atoms with Gasteiger partial charge in [0, 0.05) is 5.69 Å². The van der Waals surface area contributed by atoms with E-state index in [1.165, 1.54) is 16.7 Å². The molecule has 0 atom stereocenters. The lowest BCUT2D eigenvalue weighted by atomic mass is 9.94. The Morgan fingerprint density at radius 3 is 1.85 bits per heavy atom. The second-order valence-corrected chi connectivity index (χ2v) is 4.13. The third kappa shape index (κ3) is 5.11. The lowest BCUT2D eigenvalue weighted by Gasteiger charge is -2.13. The van der Waals surface area contributed by atoms with Crippen molar-refractivity contribution in [3.05, 3.63) is 28.8 Å². The highest BCUT2D eigenvalue weighted by molar-refractivity contribution is 5.73. The Bertz CT molecular complexity index is 456. The normalized spacial score (nSPS) is 10.7. The van der Waals surface area contributed by atoms with Crippen molar-refractivity contribution < 1.29 is 23.1 Å². The van der Waals surface area contributed by atoms with Crippen LogP contribution >= 0.6 is 0 Å². The van der Waals surface area contributed by atoms with Crippen LogP contribution in [0.25, 0.3) is 0 Å². The monoisotopic (exact) mass is 291 g/mol. The Morgan fingerprint density at radius 1 is 1.10 bits per heavy atom. The van der Waals surface area contributed by atoms with Crippen LogP contribution in [0, 0.1) is 0 Å². The van der Waals surface area contributed by atoms with E-state index in [2.05, 4.69) is 26.8 Å². The number of halogens is 3. The number of nitrogen functional groups attached to an aromatic ring is 1. The Kier molecular flexibility index (Phi) is 7.10. The summed E-state index contributed by atoms with van der Waals surface area (Å²) in [6.45, 7) is 6.57. The van der Waals surface area contributed by atoms with E-state index in [0.717, 1.165) is 24.9 Å². The third-order valence-corrected chi connectivity index (χ3v) is 2.89. The summed E-state index contributed by atoms with van der Waals surface area (Å²) in [5.74, 6) is -2.76. The number of hydrogen-bond donors (Lipinski definition) is 2. The molecule has 6 heteroatoms. The molecule has 0 spiro atoms. The van der Waals surface area contributed by atoms with E-state index in [0.29, 0.717) is 0 Å². The quantitative estimate of drug-likeness (QED) is 0.836. The van der Waals surface area contributed by atoms with Crippen LogP contribution in [0.2, 0.25) is 0 Å². The highest BCUT2D eigenvalue weighted by Gasteiger charge is 2.38. The Labute approximate surface area is 116 Å². The van der Waals surface area contributed by atoms with Gasteiger partial charge in [-0.3, -0.25) is 0 Å². The molecule has 0 saturated heterocycles. The summed E-state index contributed by atoms with van der Waals surface area (Å²) in [5, 5.41) is 7.12. The molecule has 1 aromatic rings. The van der Waals surface area contributed by atoms with Crippen LogP contribution < -0.4 is 5.73 Å². The lowest BCUT2D eigenvalue weighted by molar-refractivity contribution is -0.192. The molecule has 0 aliphatic carbocycles. The van der Waals surface area contributed by atoms with Crippen LogP contribution in [0.4, 0.5) is 18.9 Å². The minimum Gasteiger partial charge on any atom is -0.475 e. The summed E-state index contributed by atoms with van der Waals surface area (Å²) >= 11 is 0. The molecule has 1 rings (SSSR count). The van der Waals surface area contributed by atoms with E-state index in [9.17, 15) is 13.2 Å². The van der Waals surface area contributed by atoms with Crippen LogP contribution in [0.5, 0.6) is 0 Å². The maximum atomic E-state index is 10.6. The molecule has 3 N–H and O–H groups in total. The molecule has 0 heterocycles. The standard InChI is InChI=1S/C12H19N.C2HF3O2/c1-4-9-7-8-12(13)11(6-3)10(9)5-2;3-2(4,5)1(6)7/h7-8H,4-6,13H2,1-3H3;(H,6,7). The number of carbonyl (C=O) groups is 1. The van der Waals surface area contributed by atoms with Gasteiger partial charge in [-0.1, -0.05) is 26.8 Å². The number of carboxylic acids is 1. The highest BCUT2D eigenvalue weighted by Crippen LogP contribution is 2.22. The van der Waals surface area contributed by atoms with Gasteiger partial charge in [-0.15, -0.1) is 0 Å². The highest BCUT2D eigenvalue weighted by atomic mass is 19.4. The van der Waals surface area contributed by atoms with Crippen LogP contribution in [-0.2, 0) is 24.1 Å². The fourth-order valence-corrected chi connectivity index (χ4v) is 1.95. The first-order chi connectivity index (χ1) is 9.18. The summed E-state index contributed by atoms with van der Waals surface area (Å²) in [7, 11) is 0. The summed E-state index contributed by atoms with van der Waals surface area (Å²) in [4.78, 5) is 8.90. The van der Waals surface area contributed by atoms with Crippen LogP contribution in [-0.4, -0.2) is 17.3 Å². The first kappa shape index (κ1) is 18.3. The second-order valence-electron chi connectivity index (χ2n) is 4.13. The van der Waals surface area contributed by atoms with E-state index in [4.69, 9.17) is 15.6 Å². The molecule has 0 aliphatic heterocycles. The number of carboxylic acid groups (broad SMARTS) is 1. The molecule has 20 heavy (non-hydrogen) atoms. The van der Waals surface area contributed by atoms with Crippen molar-refractivity contribution in [1.82, 2.24) is 0 Å². The SMILES string of the molecule is CCc1ccc(N)c(CC)c1CC.O=C(O)C(F)(F)F. The minimum absolute atomic E-state index is 0.955. The Hall–Kier alpha value is -1.72. The van der Waals surface area contributed by atoms with Crippen molar-refractivity contribution in [2.45, 2.75) is 46.2 Å². The Balaban J connectivity index is 0.000000441. The van der Waals surface area contributed by atoms with Gasteiger partial charge in [0.05, 0.1) is 0 Å². The molecule has 0 radical (unpaired) electrons. The number of alkyl halides is 3. The molecular weight excluding hydrogens is 271 g/mol. The summed E-state index contributed by atoms with van der Waals surface area (Å²) in [6.07, 6.45) is -1.84. The topological polar surface area (TPSA) is 63.3 Å². The predicted molar refractivity (Wildman–Crippen MR) is 72.7 cm³/mol. The van der Waals surface area contributed by atoms with Crippen LogP contribution in [0.1, 0.15) is 37.5 Å². The predicted octanol–water partition coefficient (Wildman–Crippen LogP) is 3.59. The number of anilines is 1. The molecule has 0 aliphatic rings. The largest absolute Gasteiger partial charge is 0.490 e. The van der Waals surface area contributed by atoms with Crippen molar-refractivity contribution in [2.24, 2.45) is 0 Å². The first-order valence-corrected chi connectivity index (χ1v) is 6.38. The molecule has 0 fully saturated rings. The molecule has 0 aromatic heterocycles. The number of nitrogens with two attached hydrogens (primary N) is 1. The van der Waals surface area contributed by atoms with E-state index < -0.39 is 12.1 Å². The van der Waals surface area contributed by atoms with Gasteiger partial charge < -0.3 is 10.8 Å². The summed E-state index contributed by atoms with van der Waals surface area (Å²) < 4.78 is 31.7. The van der Waals surface area contributed by atoms with E-state index >= 15 is 0 Å². The van der Waals surface area contributed by atoms with E-state index in [-0.39, 0.29) is 0 Å². The number of hydrogen-bond acceptors (Lipinski definition) is 2. The maximum Gasteiger partial charge on any atom is 0.490 e. The van der Waals surface area contributed by atoms with Gasteiger partial charge in [-0.05, 0) is 42.0 Å². The molecule has 1 aromatic carbocycles. The smallest absolute Gasteiger partial charge is 0.475 e. The van der Waals surface area contributed by atoms with Gasteiger partial charge in [0.2, 0.25) is 0 Å². The van der Waals surface area contributed by atoms with Crippen molar-refractivity contribution in [3.63, 3.8) is 0 Å². The van der Waals surface area contributed by atoms with Gasteiger partial charge >= 0.3 is 12.1 Å². The van der Waals surface area contributed by atoms with Crippen LogP contribution in [0.15, 0.2) is 12.1 Å². The third-order valence-electron chi connectivity index (χ3n) is 2.89. The average molecular weight is 291 g/mol. The summed E-state index contributed by atoms with van der Waals surface area (Å²) in [5.41, 5.74) is 11.2. The number of benzene rings is 1. The van der Waals surface area contributed by atoms with Crippen LogP contribution in [0.3, 0.4) is 0 Å². The van der Waals surface area contributed by atoms with Gasteiger partial charge in [0.25, 0.3) is 0 Å². The summed E-state index contributed by atoms with van der Waals surface area (Å²) in [6, 6.07) is 4.20. The van der Waals surface area contributed by atoms with E-state index in [1.54, 1.807) is 0 Å². The number of aryl methyl sites for hydroxylation is 1. The fourth-order valence-electron chi connectivity index (χ4n) is 1.95. The lowest BCUT2D eigenvalue weighted by Crippen LogP contribution is -2.21. The van der Waals surface area contributed by atoms with Gasteiger partial charge in [0.15, 0.2) is 0 Å². The van der Waals surface area contributed by atoms with Crippen molar-refractivity contribution in [1.29, 1.82) is 0 Å². The Morgan fingerprint density at radius 2 is 1.55 bits per heavy atom. The molecule has 0 bridgehead atoms. The minimum atomic E-state index is -5.08. The second kappa shape index (κ2) is 7.77. The average Bonchev–Trinajstić information content (AvgIpc) is 2.37. The van der Waals surface area contributed by atoms with Gasteiger partial charge in [0.1, 0.15) is 0 Å². The molecule has 0 saturated carbocycles. The van der Waals surface area contributed by atoms with Gasteiger partial charge in [-0.25, -0.2) is 4.79 Å².